The van der Waals surface area contributed by atoms with Crippen molar-refractivity contribution in [1.82, 2.24) is 14.5 Å². The number of carbonyl (C=O) groups excluding carboxylic acids is 1. The molecule has 0 atom stereocenters. The lowest BCUT2D eigenvalue weighted by Crippen LogP contribution is -2.44. The predicted molar refractivity (Wildman–Crippen MR) is 130 cm³/mol. The molecule has 0 unspecified atom stereocenters. The average molecular weight is 452 g/mol. The molecule has 0 spiro atoms. The molecule has 2 aromatic heterocycles. The highest BCUT2D eigenvalue weighted by Crippen LogP contribution is 2.31. The van der Waals surface area contributed by atoms with E-state index in [1.165, 1.54) is 11.3 Å². The number of thiophene rings is 1. The lowest BCUT2D eigenvalue weighted by Gasteiger charge is -2.35. The molecular formula is C24H29N5O2S. The number of aromatic nitrogens is 2. The van der Waals surface area contributed by atoms with E-state index >= 15 is 0 Å². The topological polar surface area (TPSA) is 70.5 Å². The number of nitrogens with one attached hydrogen (secondary N) is 1. The minimum absolute atomic E-state index is 0.00228. The van der Waals surface area contributed by atoms with Crippen LogP contribution in [0.1, 0.15) is 40.3 Å². The third kappa shape index (κ3) is 3.82. The van der Waals surface area contributed by atoms with E-state index in [1.54, 1.807) is 0 Å². The molecule has 1 fully saturated rings. The number of rotatable bonds is 3. The number of benzene rings is 1. The first-order chi connectivity index (χ1) is 15.5. The van der Waals surface area contributed by atoms with Crippen molar-refractivity contribution < 1.29 is 4.79 Å². The number of carbonyl (C=O) groups is 1. The molecular weight excluding hydrogens is 422 g/mol. The summed E-state index contributed by atoms with van der Waals surface area (Å²) in [6.07, 6.45) is 4.00. The van der Waals surface area contributed by atoms with Crippen molar-refractivity contribution in [3.05, 3.63) is 50.9 Å². The van der Waals surface area contributed by atoms with E-state index in [-0.39, 0.29) is 11.5 Å². The van der Waals surface area contributed by atoms with Crippen LogP contribution in [-0.4, -0.2) is 53.6 Å². The number of aryl methyl sites for hydroxylation is 2. The number of likely N-dealkylation sites (N-methyl/N-ethyl adjacent to an activating group) is 1. The third-order valence-electron chi connectivity index (χ3n) is 6.61. The quantitative estimate of drug-likeness (QED) is 0.660. The maximum absolute atomic E-state index is 13.3. The summed E-state index contributed by atoms with van der Waals surface area (Å²) in [5, 5.41) is 3.71. The van der Waals surface area contributed by atoms with E-state index in [4.69, 9.17) is 4.98 Å². The molecule has 1 N–H and O–H groups in total. The lowest BCUT2D eigenvalue weighted by atomic mass is 10.2. The largest absolute Gasteiger partial charge is 0.367 e. The van der Waals surface area contributed by atoms with Gasteiger partial charge in [0.15, 0.2) is 0 Å². The van der Waals surface area contributed by atoms with Gasteiger partial charge in [-0.25, -0.2) is 4.98 Å². The third-order valence-corrected chi connectivity index (χ3v) is 7.80. The van der Waals surface area contributed by atoms with Gasteiger partial charge in [-0.05, 0) is 44.5 Å². The Balaban J connectivity index is 1.47. The molecule has 2 aliphatic heterocycles. The van der Waals surface area contributed by atoms with Crippen molar-refractivity contribution in [2.24, 2.45) is 0 Å². The first-order valence-corrected chi connectivity index (χ1v) is 12.2. The Kier molecular flexibility index (Phi) is 5.73. The molecule has 8 heteroatoms. The van der Waals surface area contributed by atoms with Crippen molar-refractivity contribution in [3.63, 3.8) is 0 Å². The minimum atomic E-state index is -0.174. The standard InChI is InChI=1S/C24H29N5O2S/c1-16-20-23(26-19-10-4-3-7-11-29(19)24(20)31)32-21(16)22(30)25-17-8-5-6-9-18(17)28-14-12-27(2)13-15-28/h5-6,8-9H,3-4,7,10-15H2,1-2H3,(H,25,30). The van der Waals surface area contributed by atoms with Gasteiger partial charge >= 0.3 is 0 Å². The second-order valence-corrected chi connectivity index (χ2v) is 9.79. The Bertz CT molecular complexity index is 1220. The van der Waals surface area contributed by atoms with E-state index in [2.05, 4.69) is 28.2 Å². The first kappa shape index (κ1) is 21.2. The van der Waals surface area contributed by atoms with Crippen molar-refractivity contribution in [2.45, 2.75) is 39.2 Å². The Labute approximate surface area is 191 Å². The number of hydrogen-bond acceptors (Lipinski definition) is 6. The Morgan fingerprint density at radius 3 is 2.66 bits per heavy atom. The summed E-state index contributed by atoms with van der Waals surface area (Å²) in [6, 6.07) is 7.96. The maximum atomic E-state index is 13.3. The normalized spacial score (nSPS) is 17.2. The molecule has 168 valence electrons. The van der Waals surface area contributed by atoms with Gasteiger partial charge in [-0.1, -0.05) is 18.6 Å². The van der Waals surface area contributed by atoms with Crippen molar-refractivity contribution in [3.8, 4) is 0 Å². The zero-order chi connectivity index (χ0) is 22.2. The SMILES string of the molecule is Cc1c(C(=O)Nc2ccccc2N2CCN(C)CC2)sc2nc3n(c(=O)c12)CCCCC3. The van der Waals surface area contributed by atoms with E-state index < -0.39 is 0 Å². The predicted octanol–water partition coefficient (Wildman–Crippen LogP) is 3.50. The van der Waals surface area contributed by atoms with Gasteiger partial charge in [0, 0.05) is 39.1 Å². The summed E-state index contributed by atoms with van der Waals surface area (Å²) in [4.78, 5) is 37.2. The van der Waals surface area contributed by atoms with Crippen LogP contribution in [0.4, 0.5) is 11.4 Å². The second kappa shape index (κ2) is 8.67. The number of piperazine rings is 1. The fourth-order valence-corrected chi connectivity index (χ4v) is 5.79. The molecule has 1 saturated heterocycles. The molecule has 2 aliphatic rings. The monoisotopic (exact) mass is 451 g/mol. The molecule has 3 aromatic rings. The summed E-state index contributed by atoms with van der Waals surface area (Å²) >= 11 is 1.33. The number of para-hydroxylation sites is 2. The van der Waals surface area contributed by atoms with Crippen LogP contribution in [0, 0.1) is 6.92 Å². The van der Waals surface area contributed by atoms with Gasteiger partial charge in [0.25, 0.3) is 11.5 Å². The first-order valence-electron chi connectivity index (χ1n) is 11.4. The lowest BCUT2D eigenvalue weighted by molar-refractivity contribution is 0.103. The molecule has 0 aliphatic carbocycles. The van der Waals surface area contributed by atoms with Crippen molar-refractivity contribution in [1.29, 1.82) is 0 Å². The molecule has 7 nitrogen and oxygen atoms in total. The summed E-state index contributed by atoms with van der Waals surface area (Å²) in [6.45, 7) is 6.43. The molecule has 4 heterocycles. The van der Waals surface area contributed by atoms with Gasteiger partial charge in [-0.3, -0.25) is 14.2 Å². The van der Waals surface area contributed by atoms with Crippen LogP contribution in [0.5, 0.6) is 0 Å². The van der Waals surface area contributed by atoms with E-state index in [9.17, 15) is 9.59 Å². The average Bonchev–Trinajstić information content (AvgIpc) is 2.95. The molecule has 0 bridgehead atoms. The number of nitrogens with zero attached hydrogens (tertiary/aromatic N) is 4. The summed E-state index contributed by atoms with van der Waals surface area (Å²) in [5.41, 5.74) is 2.58. The molecule has 0 radical (unpaired) electrons. The van der Waals surface area contributed by atoms with Crippen molar-refractivity contribution in [2.75, 3.05) is 43.4 Å². The van der Waals surface area contributed by atoms with Crippen LogP contribution in [0.15, 0.2) is 29.1 Å². The Hall–Kier alpha value is -2.71. The number of fused-ring (bicyclic) bond motifs is 2. The van der Waals surface area contributed by atoms with Crippen molar-refractivity contribution >= 4 is 38.8 Å². The van der Waals surface area contributed by atoms with Gasteiger partial charge in [0.2, 0.25) is 0 Å². The zero-order valence-corrected chi connectivity index (χ0v) is 19.5. The molecule has 1 amide bonds. The van der Waals surface area contributed by atoms with Crippen LogP contribution < -0.4 is 15.8 Å². The highest BCUT2D eigenvalue weighted by molar-refractivity contribution is 7.20. The van der Waals surface area contributed by atoms with Gasteiger partial charge in [0.1, 0.15) is 10.7 Å². The number of anilines is 2. The van der Waals surface area contributed by atoms with Crippen LogP contribution >= 0.6 is 11.3 Å². The summed E-state index contributed by atoms with van der Waals surface area (Å²) in [5.74, 6) is 0.681. The minimum Gasteiger partial charge on any atom is -0.367 e. The van der Waals surface area contributed by atoms with E-state index in [0.29, 0.717) is 21.6 Å². The fourth-order valence-electron chi connectivity index (χ4n) is 4.71. The molecule has 32 heavy (non-hydrogen) atoms. The fraction of sp³-hybridized carbons (Fsp3) is 0.458. The second-order valence-electron chi connectivity index (χ2n) is 8.79. The van der Waals surface area contributed by atoms with Crippen LogP contribution in [0.3, 0.4) is 0 Å². The van der Waals surface area contributed by atoms with Gasteiger partial charge in [-0.15, -0.1) is 11.3 Å². The van der Waals surface area contributed by atoms with Gasteiger partial charge in [-0.2, -0.15) is 0 Å². The van der Waals surface area contributed by atoms with Gasteiger partial charge < -0.3 is 15.1 Å². The Morgan fingerprint density at radius 2 is 1.84 bits per heavy atom. The molecule has 0 saturated carbocycles. The maximum Gasteiger partial charge on any atom is 0.266 e. The van der Waals surface area contributed by atoms with Crippen LogP contribution in [0.2, 0.25) is 0 Å². The number of hydrogen-bond donors (Lipinski definition) is 1. The Morgan fingerprint density at radius 1 is 1.06 bits per heavy atom. The zero-order valence-electron chi connectivity index (χ0n) is 18.7. The number of amides is 1. The summed E-state index contributed by atoms with van der Waals surface area (Å²) < 4.78 is 1.82. The highest BCUT2D eigenvalue weighted by atomic mass is 32.1. The smallest absolute Gasteiger partial charge is 0.266 e. The van der Waals surface area contributed by atoms with E-state index in [0.717, 1.165) is 74.6 Å². The summed E-state index contributed by atoms with van der Waals surface area (Å²) in [7, 11) is 2.13. The van der Waals surface area contributed by atoms with Crippen LogP contribution in [0.25, 0.3) is 10.2 Å². The van der Waals surface area contributed by atoms with Gasteiger partial charge in [0.05, 0.1) is 21.6 Å². The molecule has 1 aromatic carbocycles. The molecule has 5 rings (SSSR count). The van der Waals surface area contributed by atoms with E-state index in [1.807, 2.05) is 29.7 Å². The highest BCUT2D eigenvalue weighted by Gasteiger charge is 2.24. The van der Waals surface area contributed by atoms with Crippen LogP contribution in [-0.2, 0) is 13.0 Å².